The molecule has 0 aliphatic heterocycles. The Morgan fingerprint density at radius 3 is 2.83 bits per heavy atom. The smallest absolute Gasteiger partial charge is 0.293 e. The number of benzene rings is 1. The highest BCUT2D eigenvalue weighted by Crippen LogP contribution is 2.30. The SMILES string of the molecule is Cc1ncsc1COc1ccc2oc(C)c(C(=O)NC(COC=O)CN(C)C)c2c1. The summed E-state index contributed by atoms with van der Waals surface area (Å²) in [6, 6.07) is 5.06. The molecule has 9 heteroatoms. The summed E-state index contributed by atoms with van der Waals surface area (Å²) < 4.78 is 16.5. The van der Waals surface area contributed by atoms with Crippen LogP contribution in [0.2, 0.25) is 0 Å². The van der Waals surface area contributed by atoms with Crippen LogP contribution in [0, 0.1) is 13.8 Å². The fourth-order valence-corrected chi connectivity index (χ4v) is 3.87. The van der Waals surface area contributed by atoms with Crippen molar-refractivity contribution in [2.24, 2.45) is 0 Å². The van der Waals surface area contributed by atoms with E-state index in [1.165, 1.54) is 0 Å². The molecule has 0 saturated heterocycles. The van der Waals surface area contributed by atoms with E-state index in [1.54, 1.807) is 35.9 Å². The van der Waals surface area contributed by atoms with Gasteiger partial charge in [-0.15, -0.1) is 11.3 Å². The molecule has 2 aromatic heterocycles. The molecule has 1 unspecified atom stereocenters. The van der Waals surface area contributed by atoms with Crippen molar-refractivity contribution < 1.29 is 23.5 Å². The van der Waals surface area contributed by atoms with Crippen LogP contribution in [0.1, 0.15) is 26.7 Å². The lowest BCUT2D eigenvalue weighted by molar-refractivity contribution is -0.129. The zero-order chi connectivity index (χ0) is 21.7. The third-order valence-corrected chi connectivity index (χ3v) is 5.47. The van der Waals surface area contributed by atoms with Crippen LogP contribution in [-0.4, -0.2) is 55.6 Å². The summed E-state index contributed by atoms with van der Waals surface area (Å²) >= 11 is 1.54. The Balaban J connectivity index is 1.81. The minimum Gasteiger partial charge on any atom is -0.488 e. The van der Waals surface area contributed by atoms with Crippen LogP contribution in [0.3, 0.4) is 0 Å². The maximum absolute atomic E-state index is 13.0. The summed E-state index contributed by atoms with van der Waals surface area (Å²) in [5.41, 5.74) is 3.79. The van der Waals surface area contributed by atoms with E-state index in [0.29, 0.717) is 47.7 Å². The number of carbonyl (C=O) groups is 2. The van der Waals surface area contributed by atoms with Gasteiger partial charge >= 0.3 is 0 Å². The predicted octanol–water partition coefficient (Wildman–Crippen LogP) is 2.92. The number of aryl methyl sites for hydroxylation is 2. The monoisotopic (exact) mass is 431 g/mol. The molecule has 2 heterocycles. The van der Waals surface area contributed by atoms with Gasteiger partial charge < -0.3 is 24.1 Å². The number of likely N-dealkylation sites (N-methyl/N-ethyl adjacent to an activating group) is 1. The van der Waals surface area contributed by atoms with Gasteiger partial charge in [-0.1, -0.05) is 0 Å². The second kappa shape index (κ2) is 9.73. The quantitative estimate of drug-likeness (QED) is 0.493. The fraction of sp³-hybridized carbons (Fsp3) is 0.381. The van der Waals surface area contributed by atoms with Crippen LogP contribution in [0.25, 0.3) is 11.0 Å². The molecule has 8 nitrogen and oxygen atoms in total. The topological polar surface area (TPSA) is 93.9 Å². The third kappa shape index (κ3) is 5.17. The lowest BCUT2D eigenvalue weighted by Crippen LogP contribution is -2.44. The number of furan rings is 1. The molecule has 160 valence electrons. The predicted molar refractivity (Wildman–Crippen MR) is 114 cm³/mol. The summed E-state index contributed by atoms with van der Waals surface area (Å²) in [7, 11) is 3.76. The maximum Gasteiger partial charge on any atom is 0.293 e. The van der Waals surface area contributed by atoms with Crippen molar-refractivity contribution >= 4 is 34.7 Å². The Morgan fingerprint density at radius 1 is 1.37 bits per heavy atom. The summed E-state index contributed by atoms with van der Waals surface area (Å²) in [6.45, 7) is 5.09. The molecule has 1 amide bonds. The van der Waals surface area contributed by atoms with Gasteiger partial charge in [-0.05, 0) is 46.1 Å². The molecule has 1 N–H and O–H groups in total. The van der Waals surface area contributed by atoms with Gasteiger partial charge in [0.05, 0.1) is 27.7 Å². The molecule has 0 aliphatic carbocycles. The fourth-order valence-electron chi connectivity index (χ4n) is 3.18. The van der Waals surface area contributed by atoms with E-state index < -0.39 is 0 Å². The van der Waals surface area contributed by atoms with Gasteiger partial charge in [0.25, 0.3) is 12.4 Å². The average molecular weight is 432 g/mol. The number of rotatable bonds is 10. The normalized spacial score (nSPS) is 12.2. The number of thiazole rings is 1. The summed E-state index contributed by atoms with van der Waals surface area (Å²) in [6.07, 6.45) is 0. The number of aromatic nitrogens is 1. The van der Waals surface area contributed by atoms with E-state index in [-0.39, 0.29) is 18.6 Å². The number of amides is 1. The van der Waals surface area contributed by atoms with E-state index >= 15 is 0 Å². The van der Waals surface area contributed by atoms with Crippen molar-refractivity contribution in [2.45, 2.75) is 26.5 Å². The van der Waals surface area contributed by atoms with Crippen LogP contribution in [-0.2, 0) is 16.1 Å². The molecule has 0 radical (unpaired) electrons. The van der Waals surface area contributed by atoms with Crippen LogP contribution in [0.4, 0.5) is 0 Å². The van der Waals surface area contributed by atoms with Crippen molar-refractivity contribution in [3.8, 4) is 5.75 Å². The number of fused-ring (bicyclic) bond motifs is 1. The van der Waals surface area contributed by atoms with E-state index in [4.69, 9.17) is 13.9 Å². The molecule has 3 aromatic rings. The average Bonchev–Trinajstić information content (AvgIpc) is 3.25. The van der Waals surface area contributed by atoms with Crippen molar-refractivity contribution in [2.75, 3.05) is 27.2 Å². The minimum atomic E-state index is -0.351. The first-order chi connectivity index (χ1) is 14.4. The number of nitrogens with zero attached hydrogens (tertiary/aromatic N) is 2. The Morgan fingerprint density at radius 2 is 2.17 bits per heavy atom. The molecule has 3 rings (SSSR count). The Kier molecular flexibility index (Phi) is 7.07. The van der Waals surface area contributed by atoms with Crippen molar-refractivity contribution in [3.63, 3.8) is 0 Å². The lowest BCUT2D eigenvalue weighted by atomic mass is 10.1. The number of ether oxygens (including phenoxy) is 2. The van der Waals surface area contributed by atoms with Crippen LogP contribution in [0.15, 0.2) is 28.1 Å². The van der Waals surface area contributed by atoms with Gasteiger partial charge in [-0.3, -0.25) is 9.59 Å². The molecular formula is C21H25N3O5S. The van der Waals surface area contributed by atoms with E-state index in [1.807, 2.05) is 32.0 Å². The highest BCUT2D eigenvalue weighted by molar-refractivity contribution is 7.09. The van der Waals surface area contributed by atoms with Gasteiger partial charge in [-0.25, -0.2) is 4.98 Å². The largest absolute Gasteiger partial charge is 0.488 e. The van der Waals surface area contributed by atoms with Crippen LogP contribution in [0.5, 0.6) is 5.75 Å². The highest BCUT2D eigenvalue weighted by atomic mass is 32.1. The van der Waals surface area contributed by atoms with E-state index in [9.17, 15) is 9.59 Å². The highest BCUT2D eigenvalue weighted by Gasteiger charge is 2.22. The second-order valence-electron chi connectivity index (χ2n) is 7.20. The van der Waals surface area contributed by atoms with E-state index in [0.717, 1.165) is 10.6 Å². The van der Waals surface area contributed by atoms with Gasteiger partial charge in [0.2, 0.25) is 0 Å². The number of hydrogen-bond acceptors (Lipinski definition) is 8. The molecule has 1 atom stereocenters. The molecular weight excluding hydrogens is 406 g/mol. The lowest BCUT2D eigenvalue weighted by Gasteiger charge is -2.21. The Bertz CT molecular complexity index is 1030. The van der Waals surface area contributed by atoms with Crippen LogP contribution >= 0.6 is 11.3 Å². The molecule has 0 saturated carbocycles. The van der Waals surface area contributed by atoms with Gasteiger partial charge in [0.15, 0.2) is 0 Å². The summed E-state index contributed by atoms with van der Waals surface area (Å²) in [4.78, 5) is 30.8. The van der Waals surface area contributed by atoms with Crippen molar-refractivity contribution in [1.29, 1.82) is 0 Å². The number of carbonyl (C=O) groups excluding carboxylic acids is 2. The first-order valence-electron chi connectivity index (χ1n) is 9.44. The first-order valence-corrected chi connectivity index (χ1v) is 10.3. The van der Waals surface area contributed by atoms with Crippen molar-refractivity contribution in [3.05, 3.63) is 45.6 Å². The Hall–Kier alpha value is -2.91. The number of nitrogens with one attached hydrogen (secondary N) is 1. The zero-order valence-electron chi connectivity index (χ0n) is 17.4. The first kappa shape index (κ1) is 21.8. The minimum absolute atomic E-state index is 0.0881. The Labute approximate surface area is 178 Å². The van der Waals surface area contributed by atoms with Gasteiger partial charge in [-0.2, -0.15) is 0 Å². The van der Waals surface area contributed by atoms with Gasteiger partial charge in [0, 0.05) is 11.9 Å². The molecule has 1 aromatic carbocycles. The molecule has 30 heavy (non-hydrogen) atoms. The molecule has 0 spiro atoms. The van der Waals surface area contributed by atoms with E-state index in [2.05, 4.69) is 10.3 Å². The third-order valence-electron chi connectivity index (χ3n) is 4.56. The molecule has 0 aliphatic rings. The zero-order valence-corrected chi connectivity index (χ0v) is 18.2. The van der Waals surface area contributed by atoms with Crippen molar-refractivity contribution in [1.82, 2.24) is 15.2 Å². The summed E-state index contributed by atoms with van der Waals surface area (Å²) in [5.74, 6) is 0.861. The standard InChI is InChI=1S/C21H25N3O5S/c1-13-19(30-11-22-13)10-28-16-5-6-18-17(7-16)20(14(2)29-18)21(26)23-15(8-24(3)4)9-27-12-25/h5-7,11-12,15H,8-10H2,1-4H3,(H,23,26). The maximum atomic E-state index is 13.0. The second-order valence-corrected chi connectivity index (χ2v) is 8.14. The van der Waals surface area contributed by atoms with Gasteiger partial charge in [0.1, 0.15) is 30.3 Å². The molecule has 0 bridgehead atoms. The van der Waals surface area contributed by atoms with Crippen LogP contribution < -0.4 is 10.1 Å². The summed E-state index contributed by atoms with van der Waals surface area (Å²) in [5, 5.41) is 3.60. The number of hydrogen-bond donors (Lipinski definition) is 1. The molecule has 0 fully saturated rings.